The van der Waals surface area contributed by atoms with Gasteiger partial charge in [0.25, 0.3) is 5.91 Å². The fourth-order valence-corrected chi connectivity index (χ4v) is 3.08. The Bertz CT molecular complexity index is 673. The zero-order chi connectivity index (χ0) is 16.9. The van der Waals surface area contributed by atoms with Crippen molar-refractivity contribution in [3.63, 3.8) is 0 Å². The molecule has 3 N–H and O–H groups in total. The number of piperidine rings is 1. The number of H-pyrrole nitrogens is 1. The quantitative estimate of drug-likeness (QED) is 0.752. The lowest BCUT2D eigenvalue weighted by Gasteiger charge is -2.36. The van der Waals surface area contributed by atoms with Crippen LogP contribution in [0.5, 0.6) is 0 Å². The molecule has 1 saturated heterocycles. The van der Waals surface area contributed by atoms with E-state index < -0.39 is 6.10 Å². The fourth-order valence-electron chi connectivity index (χ4n) is 3.08. The maximum absolute atomic E-state index is 12.4. The first kappa shape index (κ1) is 16.6. The van der Waals surface area contributed by atoms with Crippen molar-refractivity contribution in [2.75, 3.05) is 13.1 Å². The fraction of sp³-hybridized carbons (Fsp3) is 0.471. The Kier molecular flexibility index (Phi) is 5.22. The van der Waals surface area contributed by atoms with Gasteiger partial charge in [-0.2, -0.15) is 5.10 Å². The van der Waals surface area contributed by atoms with Gasteiger partial charge in [0.15, 0.2) is 0 Å². The van der Waals surface area contributed by atoms with Crippen LogP contribution < -0.4 is 5.32 Å². The summed E-state index contributed by atoms with van der Waals surface area (Å²) >= 11 is 0. The second kappa shape index (κ2) is 7.55. The molecule has 2 aromatic rings. The number of pyridine rings is 1. The van der Waals surface area contributed by atoms with E-state index in [0.717, 1.165) is 30.8 Å². The summed E-state index contributed by atoms with van der Waals surface area (Å²) in [5.41, 5.74) is 2.50. The number of aliphatic hydroxyl groups is 1. The van der Waals surface area contributed by atoms with Crippen LogP contribution in [0.15, 0.2) is 30.7 Å². The number of likely N-dealkylation sites (tertiary alicyclic amines) is 1. The molecular weight excluding hydrogens is 306 g/mol. The number of aryl methyl sites for hydroxylation is 1. The molecule has 24 heavy (non-hydrogen) atoms. The first-order chi connectivity index (χ1) is 11.7. The van der Waals surface area contributed by atoms with Crippen LogP contribution in [0, 0.1) is 0 Å². The third-order valence-corrected chi connectivity index (χ3v) is 4.43. The average molecular weight is 329 g/mol. The van der Waals surface area contributed by atoms with E-state index >= 15 is 0 Å². The second-order valence-corrected chi connectivity index (χ2v) is 6.15. The molecule has 0 radical (unpaired) electrons. The number of β-amino-alcohol motifs (C(OH)–C–C–N with tert-alkyl or cyclic N) is 1. The predicted octanol–water partition coefficient (Wildman–Crippen LogP) is 0.732. The number of aromatic nitrogens is 3. The molecule has 2 atom stereocenters. The van der Waals surface area contributed by atoms with E-state index in [9.17, 15) is 9.90 Å². The highest BCUT2D eigenvalue weighted by Crippen LogP contribution is 2.15. The van der Waals surface area contributed by atoms with Gasteiger partial charge in [-0.15, -0.1) is 0 Å². The van der Waals surface area contributed by atoms with E-state index in [1.807, 2.05) is 25.3 Å². The van der Waals surface area contributed by atoms with Crippen LogP contribution in [0.2, 0.25) is 0 Å². The highest BCUT2D eigenvalue weighted by atomic mass is 16.3. The van der Waals surface area contributed by atoms with Crippen LogP contribution >= 0.6 is 0 Å². The van der Waals surface area contributed by atoms with E-state index in [0.29, 0.717) is 18.5 Å². The van der Waals surface area contributed by atoms with Gasteiger partial charge in [0.1, 0.15) is 0 Å². The normalized spacial score (nSPS) is 21.6. The molecule has 1 aliphatic heterocycles. The Morgan fingerprint density at radius 3 is 3.08 bits per heavy atom. The number of rotatable bonds is 5. The second-order valence-electron chi connectivity index (χ2n) is 6.15. The molecule has 128 valence electrons. The number of hydrogen-bond donors (Lipinski definition) is 3. The minimum absolute atomic E-state index is 0.176. The van der Waals surface area contributed by atoms with Gasteiger partial charge in [0, 0.05) is 37.7 Å². The summed E-state index contributed by atoms with van der Waals surface area (Å²) in [4.78, 5) is 18.7. The van der Waals surface area contributed by atoms with Crippen LogP contribution in [0.1, 0.15) is 35.0 Å². The van der Waals surface area contributed by atoms with Crippen molar-refractivity contribution in [1.29, 1.82) is 0 Å². The average Bonchev–Trinajstić information content (AvgIpc) is 3.07. The number of hydrogen-bond acceptors (Lipinski definition) is 5. The Morgan fingerprint density at radius 1 is 1.50 bits per heavy atom. The first-order valence-electron chi connectivity index (χ1n) is 8.29. The van der Waals surface area contributed by atoms with E-state index in [2.05, 4.69) is 25.4 Å². The minimum Gasteiger partial charge on any atom is -0.390 e. The van der Waals surface area contributed by atoms with Crippen molar-refractivity contribution in [2.45, 2.75) is 38.5 Å². The van der Waals surface area contributed by atoms with Crippen molar-refractivity contribution in [3.05, 3.63) is 47.5 Å². The summed E-state index contributed by atoms with van der Waals surface area (Å²) in [5, 5.41) is 20.1. The molecule has 7 nitrogen and oxygen atoms in total. The highest BCUT2D eigenvalue weighted by Gasteiger charge is 2.29. The summed E-state index contributed by atoms with van der Waals surface area (Å²) in [6.07, 6.45) is 5.97. The largest absolute Gasteiger partial charge is 0.390 e. The van der Waals surface area contributed by atoms with Crippen molar-refractivity contribution in [1.82, 2.24) is 25.4 Å². The van der Waals surface area contributed by atoms with E-state index in [1.165, 1.54) is 6.20 Å². The van der Waals surface area contributed by atoms with Crippen molar-refractivity contribution < 1.29 is 9.90 Å². The summed E-state index contributed by atoms with van der Waals surface area (Å²) in [6.45, 7) is 4.08. The third kappa shape index (κ3) is 3.80. The predicted molar refractivity (Wildman–Crippen MR) is 89.4 cm³/mol. The number of carbonyl (C=O) groups excluding carboxylic acids is 1. The zero-order valence-electron chi connectivity index (χ0n) is 13.8. The van der Waals surface area contributed by atoms with Gasteiger partial charge in [0.05, 0.1) is 23.9 Å². The highest BCUT2D eigenvalue weighted by molar-refractivity contribution is 5.95. The third-order valence-electron chi connectivity index (χ3n) is 4.43. The maximum atomic E-state index is 12.4. The number of aromatic amines is 1. The molecule has 0 spiro atoms. The van der Waals surface area contributed by atoms with Crippen molar-refractivity contribution in [3.8, 4) is 0 Å². The molecule has 7 heteroatoms. The van der Waals surface area contributed by atoms with Crippen LogP contribution in [0.3, 0.4) is 0 Å². The lowest BCUT2D eigenvalue weighted by Crippen LogP contribution is -2.53. The van der Waals surface area contributed by atoms with E-state index in [1.54, 1.807) is 6.20 Å². The van der Waals surface area contributed by atoms with Crippen LogP contribution in [-0.2, 0) is 13.0 Å². The molecule has 0 saturated carbocycles. The number of carbonyl (C=O) groups is 1. The van der Waals surface area contributed by atoms with Gasteiger partial charge in [-0.05, 0) is 24.5 Å². The van der Waals surface area contributed by atoms with Crippen LogP contribution in [0.25, 0.3) is 0 Å². The molecule has 2 aromatic heterocycles. The van der Waals surface area contributed by atoms with Gasteiger partial charge in [0.2, 0.25) is 0 Å². The van der Waals surface area contributed by atoms with Gasteiger partial charge >= 0.3 is 0 Å². The van der Waals surface area contributed by atoms with Crippen molar-refractivity contribution in [2.24, 2.45) is 0 Å². The number of nitrogens with zero attached hydrogens (tertiary/aromatic N) is 3. The van der Waals surface area contributed by atoms with Gasteiger partial charge in [-0.3, -0.25) is 19.8 Å². The van der Waals surface area contributed by atoms with E-state index in [4.69, 9.17) is 0 Å². The molecule has 3 heterocycles. The minimum atomic E-state index is -0.587. The topological polar surface area (TPSA) is 94.1 Å². The Hall–Kier alpha value is -2.25. The Balaban J connectivity index is 1.55. The lowest BCUT2D eigenvalue weighted by atomic mass is 10.0. The van der Waals surface area contributed by atoms with Crippen LogP contribution in [0.4, 0.5) is 0 Å². The maximum Gasteiger partial charge on any atom is 0.255 e. The standard InChI is InChI=1S/C17H23N5O2/c1-2-14-13(9-19-21-14)17(24)20-15-5-7-22(11-16(15)23)10-12-4-3-6-18-8-12/h3-4,6,8-9,15-16,23H,2,5,7,10-11H2,1H3,(H,19,21)(H,20,24)/t15-,16-/m1/s1. The molecule has 1 aliphatic rings. The van der Waals surface area contributed by atoms with Crippen LogP contribution in [-0.4, -0.2) is 56.3 Å². The summed E-state index contributed by atoms with van der Waals surface area (Å²) in [5.74, 6) is -0.176. The molecule has 0 bridgehead atoms. The number of aliphatic hydroxyl groups excluding tert-OH is 1. The molecule has 0 unspecified atom stereocenters. The first-order valence-corrected chi connectivity index (χ1v) is 8.29. The number of nitrogens with one attached hydrogen (secondary N) is 2. The summed E-state index contributed by atoms with van der Waals surface area (Å²) in [7, 11) is 0. The smallest absolute Gasteiger partial charge is 0.255 e. The van der Waals surface area contributed by atoms with E-state index in [-0.39, 0.29) is 11.9 Å². The Morgan fingerprint density at radius 2 is 2.38 bits per heavy atom. The molecule has 0 aliphatic carbocycles. The molecule has 3 rings (SSSR count). The summed E-state index contributed by atoms with van der Waals surface area (Å²) in [6, 6.07) is 3.70. The van der Waals surface area contributed by atoms with Gasteiger partial charge in [-0.25, -0.2) is 0 Å². The molecule has 1 amide bonds. The molecule has 1 fully saturated rings. The lowest BCUT2D eigenvalue weighted by molar-refractivity contribution is 0.0349. The van der Waals surface area contributed by atoms with Gasteiger partial charge < -0.3 is 10.4 Å². The SMILES string of the molecule is CCc1[nH]ncc1C(=O)N[C@@H]1CCN(Cc2cccnc2)C[C@H]1O. The van der Waals surface area contributed by atoms with Crippen molar-refractivity contribution >= 4 is 5.91 Å². The zero-order valence-corrected chi connectivity index (χ0v) is 13.8. The Labute approximate surface area is 141 Å². The number of amides is 1. The monoisotopic (exact) mass is 329 g/mol. The summed E-state index contributed by atoms with van der Waals surface area (Å²) < 4.78 is 0. The molecular formula is C17H23N5O2. The molecule has 0 aromatic carbocycles. The van der Waals surface area contributed by atoms with Gasteiger partial charge in [-0.1, -0.05) is 13.0 Å².